The van der Waals surface area contributed by atoms with Crippen molar-refractivity contribution < 1.29 is 32.7 Å². The first-order valence-electron chi connectivity index (χ1n) is 21.6. The highest BCUT2D eigenvalue weighted by molar-refractivity contribution is 7.47. The van der Waals surface area contributed by atoms with Crippen molar-refractivity contribution in [2.45, 2.75) is 147 Å². The van der Waals surface area contributed by atoms with E-state index in [1.165, 1.54) is 107 Å². The molecule has 17 heteroatoms. The van der Waals surface area contributed by atoms with Gasteiger partial charge in [0.25, 0.3) is 0 Å². The van der Waals surface area contributed by atoms with Crippen molar-refractivity contribution >= 4 is 19.2 Å². The third-order valence-corrected chi connectivity index (χ3v) is 11.8. The molecule has 0 saturated carbocycles. The predicted octanol–water partition coefficient (Wildman–Crippen LogP) is 8.87. The van der Waals surface area contributed by atoms with Gasteiger partial charge in [0.15, 0.2) is 11.4 Å². The minimum atomic E-state index is -4.67. The number of nitriles is 2. The predicted molar refractivity (Wildman–Crippen MR) is 226 cm³/mol. The van der Waals surface area contributed by atoms with Gasteiger partial charge in [-0.1, -0.05) is 109 Å². The molecule has 0 amide bonds. The number of nitrogens with zero attached hydrogens (tertiary/aromatic N) is 8. The van der Waals surface area contributed by atoms with Crippen LogP contribution in [0.4, 0.5) is 5.82 Å². The molecule has 0 bridgehead atoms. The monoisotopic (exact) mass is 847 g/mol. The number of nitrogen functional groups attached to an aromatic ring is 1. The molecule has 4 heterocycles. The van der Waals surface area contributed by atoms with E-state index in [4.69, 9.17) is 29.0 Å². The highest BCUT2D eigenvalue weighted by atomic mass is 31.2. The van der Waals surface area contributed by atoms with Crippen LogP contribution >= 0.6 is 7.82 Å². The van der Waals surface area contributed by atoms with Gasteiger partial charge >= 0.3 is 7.82 Å². The van der Waals surface area contributed by atoms with E-state index in [1.54, 1.807) is 34.8 Å². The molecule has 0 radical (unpaired) electrons. The first kappa shape index (κ1) is 46.8. The number of aromatic nitrogens is 6. The summed E-state index contributed by atoms with van der Waals surface area (Å²) in [6, 6.07) is 13.1. The van der Waals surface area contributed by atoms with Crippen LogP contribution in [0.5, 0.6) is 0 Å². The van der Waals surface area contributed by atoms with Crippen LogP contribution in [0.1, 0.15) is 145 Å². The number of unbranched alkanes of at least 4 members (excludes halogenated alkanes) is 15. The lowest BCUT2D eigenvalue weighted by atomic mass is 10.0. The average Bonchev–Trinajstić information content (AvgIpc) is 4.05. The van der Waals surface area contributed by atoms with Crippen LogP contribution in [-0.4, -0.2) is 72.4 Å². The van der Waals surface area contributed by atoms with E-state index in [1.807, 2.05) is 0 Å². The van der Waals surface area contributed by atoms with Crippen LogP contribution in [0.3, 0.4) is 0 Å². The number of phosphoric acid groups is 1. The van der Waals surface area contributed by atoms with Crippen molar-refractivity contribution in [1.82, 2.24) is 29.4 Å². The van der Waals surface area contributed by atoms with E-state index in [0.717, 1.165) is 24.8 Å². The Morgan fingerprint density at radius 3 is 2.28 bits per heavy atom. The quantitative estimate of drug-likeness (QED) is 0.0370. The fourth-order valence-electron chi connectivity index (χ4n) is 7.41. The Balaban J connectivity index is 1.05. The van der Waals surface area contributed by atoms with Crippen LogP contribution < -0.4 is 5.73 Å². The number of hydrogen-bond acceptors (Lipinski definition) is 13. The van der Waals surface area contributed by atoms with E-state index >= 15 is 0 Å². The Bertz CT molecular complexity index is 2000. The van der Waals surface area contributed by atoms with Gasteiger partial charge in [-0.15, -0.1) is 0 Å². The number of phosphoric ester groups is 1. The fraction of sp³-hybridized carbons (Fsp3) is 0.628. The minimum absolute atomic E-state index is 0.0954. The summed E-state index contributed by atoms with van der Waals surface area (Å²) in [4.78, 5) is 18.7. The van der Waals surface area contributed by atoms with Gasteiger partial charge in [0.1, 0.15) is 55.5 Å². The van der Waals surface area contributed by atoms with Crippen molar-refractivity contribution in [3.05, 3.63) is 66.1 Å². The highest BCUT2D eigenvalue weighted by Gasteiger charge is 2.44. The van der Waals surface area contributed by atoms with Crippen LogP contribution in [0.25, 0.3) is 11.2 Å². The molecule has 16 nitrogen and oxygen atoms in total. The molecule has 4 atom stereocenters. The zero-order valence-electron chi connectivity index (χ0n) is 35.0. The van der Waals surface area contributed by atoms with E-state index in [0.29, 0.717) is 41.3 Å². The lowest BCUT2D eigenvalue weighted by Gasteiger charge is -2.24. The van der Waals surface area contributed by atoms with Gasteiger partial charge in [0.05, 0.1) is 36.8 Å². The maximum atomic E-state index is 13.2. The Morgan fingerprint density at radius 1 is 0.933 bits per heavy atom. The summed E-state index contributed by atoms with van der Waals surface area (Å²) in [6.45, 7) is 2.16. The van der Waals surface area contributed by atoms with Gasteiger partial charge in [-0.2, -0.15) is 20.7 Å². The van der Waals surface area contributed by atoms with Gasteiger partial charge in [0, 0.05) is 6.61 Å². The molecule has 0 spiro atoms. The fourth-order valence-corrected chi connectivity index (χ4v) is 8.21. The van der Waals surface area contributed by atoms with Crippen molar-refractivity contribution in [3.8, 4) is 17.8 Å². The summed E-state index contributed by atoms with van der Waals surface area (Å²) in [7, 11) is -4.67. The van der Waals surface area contributed by atoms with Crippen molar-refractivity contribution in [2.24, 2.45) is 0 Å². The number of ether oxygens (including phenoxy) is 3. The summed E-state index contributed by atoms with van der Waals surface area (Å²) in [5.41, 5.74) is 7.47. The molecule has 1 aliphatic rings. The summed E-state index contributed by atoms with van der Waals surface area (Å²) in [6.07, 6.45) is 24.2. The number of benzene rings is 1. The lowest BCUT2D eigenvalue weighted by Crippen LogP contribution is -2.32. The molecule has 1 unspecified atom stereocenters. The van der Waals surface area contributed by atoms with Gasteiger partial charge in [-0.3, -0.25) is 9.05 Å². The zero-order valence-corrected chi connectivity index (χ0v) is 35.9. The van der Waals surface area contributed by atoms with E-state index < -0.39 is 32.2 Å². The number of fused-ring (bicyclic) bond motifs is 1. The second-order valence-corrected chi connectivity index (χ2v) is 17.1. The number of hydrogen-bond donors (Lipinski definition) is 2. The Kier molecular flexibility index (Phi) is 19.4. The van der Waals surface area contributed by atoms with Crippen molar-refractivity contribution in [3.63, 3.8) is 0 Å². The maximum Gasteiger partial charge on any atom is 0.472 e. The van der Waals surface area contributed by atoms with Gasteiger partial charge in [-0.25, -0.2) is 23.7 Å². The third kappa shape index (κ3) is 14.7. The van der Waals surface area contributed by atoms with Gasteiger partial charge in [-0.05, 0) is 49.1 Å². The molecule has 1 aliphatic heterocycles. The van der Waals surface area contributed by atoms with Gasteiger partial charge in [0.2, 0.25) is 0 Å². The SMILES string of the molecule is CCCCCCCCCCCCCCCCCCOC[C@H](COP(=O)(O)OC[C@]1(C#N)CC[C@H](c2ccc3c(N)ncnn23)O1)OCc1ccc(C#N)c(-n2cncn2)c1. The first-order chi connectivity index (χ1) is 29.3. The molecule has 1 saturated heterocycles. The van der Waals surface area contributed by atoms with Crippen molar-refractivity contribution in [2.75, 3.05) is 32.2 Å². The first-order valence-corrected chi connectivity index (χ1v) is 23.1. The molecule has 0 aliphatic carbocycles. The lowest BCUT2D eigenvalue weighted by molar-refractivity contribution is -0.0589. The largest absolute Gasteiger partial charge is 0.472 e. The van der Waals surface area contributed by atoms with E-state index in [9.17, 15) is 20.0 Å². The third-order valence-electron chi connectivity index (χ3n) is 10.9. The van der Waals surface area contributed by atoms with E-state index in [-0.39, 0.29) is 26.2 Å². The Morgan fingerprint density at radius 2 is 1.63 bits per heavy atom. The molecule has 326 valence electrons. The molecule has 4 aromatic rings. The minimum Gasteiger partial charge on any atom is -0.382 e. The second-order valence-electron chi connectivity index (χ2n) is 15.6. The molecule has 3 aromatic heterocycles. The Labute approximate surface area is 354 Å². The van der Waals surface area contributed by atoms with Crippen molar-refractivity contribution in [1.29, 1.82) is 10.5 Å². The smallest absolute Gasteiger partial charge is 0.382 e. The van der Waals surface area contributed by atoms with E-state index in [2.05, 4.69) is 39.2 Å². The number of anilines is 1. The molecule has 1 aromatic carbocycles. The summed E-state index contributed by atoms with van der Waals surface area (Å²) >= 11 is 0. The second kappa shape index (κ2) is 24.9. The van der Waals surface area contributed by atoms with Crippen LogP contribution in [0.15, 0.2) is 49.3 Å². The summed E-state index contributed by atoms with van der Waals surface area (Å²) in [5.74, 6) is 0.309. The maximum absolute atomic E-state index is 13.2. The van der Waals surface area contributed by atoms with Crippen LogP contribution in [0, 0.1) is 22.7 Å². The molecule has 60 heavy (non-hydrogen) atoms. The molecule has 3 N–H and O–H groups in total. The molecular weight excluding hydrogens is 786 g/mol. The average molecular weight is 848 g/mol. The number of rotatable bonds is 30. The zero-order chi connectivity index (χ0) is 42.5. The topological polar surface area (TPSA) is 218 Å². The standard InChI is InChI=1S/C43H62N9O7P/c1-2-3-4-5-6-7-8-9-10-11-12-13-14-15-16-17-24-55-28-37(56-27-35-18-19-36(26-44)40(25-35)51-34-47-32-49-51)29-57-60(53,54)58-31-43(30-45)23-22-41(59-43)38-20-21-39-42(46)48-33-50-52(38)39/h18-21,25,32-34,37,41H,2-17,22-24,27-29,31H2,1H3,(H,53,54)(H2,46,48,50)/t37-,41-,43-/m1/s1. The number of nitrogens with two attached hydrogens (primary N) is 1. The summed E-state index contributed by atoms with van der Waals surface area (Å²) in [5, 5.41) is 28.1. The molecular formula is C43H62N9O7P. The van der Waals surface area contributed by atoms with Crippen LogP contribution in [-0.2, 0) is 34.4 Å². The molecule has 5 rings (SSSR count). The van der Waals surface area contributed by atoms with Gasteiger partial charge < -0.3 is 24.8 Å². The van der Waals surface area contributed by atoms with Crippen LogP contribution in [0.2, 0.25) is 0 Å². The highest BCUT2D eigenvalue weighted by Crippen LogP contribution is 2.47. The summed E-state index contributed by atoms with van der Waals surface area (Å²) < 4.78 is 45.3. The Hall–Kier alpha value is -4.25. The molecule has 1 fully saturated rings. The normalized spacial score (nSPS) is 18.0.